The first-order valence-corrected chi connectivity index (χ1v) is 35.8. The number of rotatable bonds is 13. The average Bonchev–Trinajstić information content (AvgIpc) is 0.708. The molecule has 17 aromatic rings. The van der Waals surface area contributed by atoms with Gasteiger partial charge in [0.1, 0.15) is 23.0 Å². The SMILES string of the molecule is c1ccc(-c2ccc(-c3cc(-c4ccccc4)nc(-c4cccc(-c5ccccc5C5(c6ccccc6)c6ccccc6Oc6ccccc65)c4)n3)cc2)cc1.c1ccc(C2(c3ccccc3-c3cccc(-c4cc(-c5ccccn5)nc(-c5ccccn5)c4)c3)c3ccccc3Oc3ccccc32)cc1. The Bertz CT molecular complexity index is 5870. The molecular weight excluding hydrogens is 1290 g/mol. The van der Waals surface area contributed by atoms with E-state index < -0.39 is 10.8 Å². The first-order valence-electron chi connectivity index (χ1n) is 35.8. The van der Waals surface area contributed by atoms with Crippen LogP contribution in [0.15, 0.2) is 407 Å². The van der Waals surface area contributed by atoms with E-state index in [-0.39, 0.29) is 0 Å². The zero-order valence-corrected chi connectivity index (χ0v) is 57.7. The van der Waals surface area contributed by atoms with Crippen molar-refractivity contribution in [3.05, 3.63) is 451 Å². The number of fused-ring (bicyclic) bond motifs is 4. The highest BCUT2D eigenvalue weighted by molar-refractivity contribution is 5.85. The Morgan fingerprint density at radius 1 is 0.189 bits per heavy atom. The molecule has 0 amide bonds. The van der Waals surface area contributed by atoms with Crippen molar-refractivity contribution < 1.29 is 9.47 Å². The highest BCUT2D eigenvalue weighted by Crippen LogP contribution is 2.59. The Morgan fingerprint density at radius 3 is 0.962 bits per heavy atom. The van der Waals surface area contributed by atoms with Crippen molar-refractivity contribution in [2.75, 3.05) is 0 Å². The fraction of sp³-hybridized carbons (Fsp3) is 0.0202. The van der Waals surface area contributed by atoms with E-state index in [9.17, 15) is 0 Å². The minimum Gasteiger partial charge on any atom is -0.457 e. The van der Waals surface area contributed by atoms with Crippen LogP contribution in [-0.2, 0) is 10.8 Å². The van der Waals surface area contributed by atoms with Gasteiger partial charge in [-0.3, -0.25) is 9.97 Å². The van der Waals surface area contributed by atoms with E-state index in [1.807, 2.05) is 72.8 Å². The van der Waals surface area contributed by atoms with Crippen molar-refractivity contribution in [2.24, 2.45) is 0 Å². The van der Waals surface area contributed by atoms with Gasteiger partial charge in [-0.1, -0.05) is 315 Å². The molecule has 500 valence electrons. The van der Waals surface area contributed by atoms with Gasteiger partial charge < -0.3 is 9.47 Å². The lowest BCUT2D eigenvalue weighted by Crippen LogP contribution is -2.34. The Hall–Kier alpha value is -14.0. The summed E-state index contributed by atoms with van der Waals surface area (Å²) in [7, 11) is 0. The van der Waals surface area contributed by atoms with E-state index in [1.165, 1.54) is 33.4 Å². The molecule has 0 aliphatic carbocycles. The first kappa shape index (κ1) is 64.1. The summed E-state index contributed by atoms with van der Waals surface area (Å²) in [6.07, 6.45) is 3.60. The maximum atomic E-state index is 6.61. The number of pyridine rings is 3. The highest BCUT2D eigenvalue weighted by atomic mass is 16.5. The quantitative estimate of drug-likeness (QED) is 0.114. The van der Waals surface area contributed by atoms with Crippen LogP contribution >= 0.6 is 0 Å². The van der Waals surface area contributed by atoms with Crippen LogP contribution in [0.5, 0.6) is 23.0 Å². The summed E-state index contributed by atoms with van der Waals surface area (Å²) in [4.78, 5) is 24.7. The van der Waals surface area contributed by atoms with E-state index in [0.29, 0.717) is 5.82 Å². The largest absolute Gasteiger partial charge is 0.457 e. The maximum absolute atomic E-state index is 6.61. The molecule has 7 nitrogen and oxygen atoms in total. The molecule has 2 aliphatic rings. The number of ether oxygens (including phenoxy) is 2. The number of para-hydroxylation sites is 4. The van der Waals surface area contributed by atoms with Crippen LogP contribution in [0.25, 0.3) is 101 Å². The molecule has 0 fully saturated rings. The van der Waals surface area contributed by atoms with E-state index in [4.69, 9.17) is 24.4 Å². The molecule has 0 spiro atoms. The van der Waals surface area contributed by atoms with Gasteiger partial charge in [-0.05, 0) is 146 Å². The monoisotopic (exact) mass is 1360 g/mol. The molecule has 6 heterocycles. The van der Waals surface area contributed by atoms with Gasteiger partial charge in [-0.25, -0.2) is 15.0 Å². The van der Waals surface area contributed by atoms with E-state index in [0.717, 1.165) is 129 Å². The van der Waals surface area contributed by atoms with Crippen molar-refractivity contribution in [3.8, 4) is 124 Å². The van der Waals surface area contributed by atoms with Crippen molar-refractivity contribution in [3.63, 3.8) is 0 Å². The summed E-state index contributed by atoms with van der Waals surface area (Å²) >= 11 is 0. The van der Waals surface area contributed by atoms with Crippen LogP contribution in [0.1, 0.15) is 44.5 Å². The molecule has 13 aromatic carbocycles. The second-order valence-electron chi connectivity index (χ2n) is 26.5. The number of hydrogen-bond acceptors (Lipinski definition) is 7. The maximum Gasteiger partial charge on any atom is 0.160 e. The summed E-state index contributed by atoms with van der Waals surface area (Å²) in [5.41, 5.74) is 24.8. The highest BCUT2D eigenvalue weighted by Gasteiger charge is 2.48. The van der Waals surface area contributed by atoms with Gasteiger partial charge in [-0.2, -0.15) is 0 Å². The lowest BCUT2D eigenvalue weighted by Gasteiger charge is -2.42. The molecule has 0 saturated carbocycles. The number of hydrogen-bond donors (Lipinski definition) is 0. The molecule has 0 unspecified atom stereocenters. The predicted molar refractivity (Wildman–Crippen MR) is 428 cm³/mol. The van der Waals surface area contributed by atoms with Gasteiger partial charge >= 0.3 is 0 Å². The molecule has 2 aliphatic heterocycles. The van der Waals surface area contributed by atoms with Crippen LogP contribution in [-0.4, -0.2) is 24.9 Å². The molecule has 7 heteroatoms. The summed E-state index contributed by atoms with van der Waals surface area (Å²) in [6.45, 7) is 0. The van der Waals surface area contributed by atoms with Crippen molar-refractivity contribution in [1.82, 2.24) is 24.9 Å². The third-order valence-corrected chi connectivity index (χ3v) is 20.4. The standard InChI is InChI=1S/C53H36N2O.C46H31N3O/c1-4-17-37(18-5-1)38-31-33-40(34-32-38)49-36-48(39-19-6-2-7-20-39)54-52(55-49)42-22-16-21-41(35-42)44-25-10-11-26-45(44)53(43-23-8-3-9-24-43)46-27-12-14-29-50(46)56-51-30-15-13-28-47(51)53;1-2-17-35(18-3-1)46(38-21-6-8-25-44(38)50-45-26-9-7-22-39(45)46)37-20-5-4-19-36(37)33-16-14-15-32(29-33)34-30-42(40-23-10-12-27-47-40)49-43(31-34)41-24-11-13-28-48-41/h1-36H;1-31H. The minimum atomic E-state index is -0.651. The van der Waals surface area contributed by atoms with Crippen LogP contribution in [0, 0.1) is 0 Å². The van der Waals surface area contributed by atoms with Gasteiger partial charge in [0.2, 0.25) is 0 Å². The van der Waals surface area contributed by atoms with Crippen LogP contribution in [0.3, 0.4) is 0 Å². The molecule has 0 bridgehead atoms. The second kappa shape index (κ2) is 28.1. The zero-order chi connectivity index (χ0) is 70.6. The van der Waals surface area contributed by atoms with E-state index in [1.54, 1.807) is 12.4 Å². The van der Waals surface area contributed by atoms with Gasteiger partial charge in [-0.15, -0.1) is 0 Å². The Balaban J connectivity index is 0.000000151. The van der Waals surface area contributed by atoms with Crippen molar-refractivity contribution >= 4 is 0 Å². The Kier molecular flexibility index (Phi) is 17.0. The second-order valence-corrected chi connectivity index (χ2v) is 26.5. The fourth-order valence-corrected chi connectivity index (χ4v) is 15.6. The molecular formula is C99H67N5O2. The van der Waals surface area contributed by atoms with Crippen LogP contribution in [0.2, 0.25) is 0 Å². The summed E-state index contributed by atoms with van der Waals surface area (Å²) < 4.78 is 13.2. The molecule has 0 saturated heterocycles. The lowest BCUT2D eigenvalue weighted by molar-refractivity contribution is 0.434. The predicted octanol–water partition coefficient (Wildman–Crippen LogP) is 24.3. The topological polar surface area (TPSA) is 82.9 Å². The molecule has 106 heavy (non-hydrogen) atoms. The first-order chi connectivity index (χ1) is 52.5. The van der Waals surface area contributed by atoms with Crippen LogP contribution in [0.4, 0.5) is 0 Å². The third-order valence-electron chi connectivity index (χ3n) is 20.4. The Labute approximate surface area is 616 Å². The Morgan fingerprint density at radius 2 is 0.519 bits per heavy atom. The van der Waals surface area contributed by atoms with Crippen LogP contribution < -0.4 is 9.47 Å². The van der Waals surface area contributed by atoms with E-state index in [2.05, 4.69) is 331 Å². The van der Waals surface area contributed by atoms with Crippen molar-refractivity contribution in [2.45, 2.75) is 10.8 Å². The summed E-state index contributed by atoms with van der Waals surface area (Å²) in [5.74, 6) is 4.11. The molecule has 0 radical (unpaired) electrons. The summed E-state index contributed by atoms with van der Waals surface area (Å²) in [5, 5.41) is 0. The van der Waals surface area contributed by atoms with Crippen molar-refractivity contribution in [1.29, 1.82) is 0 Å². The smallest absolute Gasteiger partial charge is 0.160 e. The lowest BCUT2D eigenvalue weighted by atomic mass is 9.62. The van der Waals surface area contributed by atoms with Gasteiger partial charge in [0, 0.05) is 51.3 Å². The van der Waals surface area contributed by atoms with Gasteiger partial charge in [0.15, 0.2) is 5.82 Å². The normalized spacial score (nSPS) is 12.6. The zero-order valence-electron chi connectivity index (χ0n) is 57.7. The molecule has 0 atom stereocenters. The minimum absolute atomic E-state index is 0.631. The summed E-state index contributed by atoms with van der Waals surface area (Å²) in [6, 6.07) is 138. The number of nitrogens with zero attached hydrogens (tertiary/aromatic N) is 5. The number of aromatic nitrogens is 5. The molecule has 4 aromatic heterocycles. The molecule has 0 N–H and O–H groups in total. The number of benzene rings is 13. The third kappa shape index (κ3) is 11.8. The van der Waals surface area contributed by atoms with Gasteiger partial charge in [0.25, 0.3) is 0 Å². The van der Waals surface area contributed by atoms with E-state index >= 15 is 0 Å². The van der Waals surface area contributed by atoms with Gasteiger partial charge in [0.05, 0.1) is 45.0 Å². The molecule has 19 rings (SSSR count). The fourth-order valence-electron chi connectivity index (χ4n) is 15.6. The average molecular weight is 1360 g/mol.